The summed E-state index contributed by atoms with van der Waals surface area (Å²) in [7, 11) is 2.02. The van der Waals surface area contributed by atoms with Crippen molar-refractivity contribution < 1.29 is 22.4 Å². The highest BCUT2D eigenvalue weighted by Gasteiger charge is 2.30. The Kier molecular flexibility index (Phi) is 10.3. The fraction of sp³-hybridized carbons (Fsp3) is 0.481. The molecule has 0 fully saturated rings. The van der Waals surface area contributed by atoms with Crippen LogP contribution < -0.4 is 10.2 Å². The maximum atomic E-state index is 12.7. The third-order valence-corrected chi connectivity index (χ3v) is 5.21. The zero-order chi connectivity index (χ0) is 27.0. The second kappa shape index (κ2) is 12.8. The van der Waals surface area contributed by atoms with Gasteiger partial charge in [0.1, 0.15) is 6.61 Å². The van der Waals surface area contributed by atoms with Gasteiger partial charge in [-0.3, -0.25) is 0 Å². The number of nitrogens with one attached hydrogen (secondary N) is 1. The van der Waals surface area contributed by atoms with Crippen molar-refractivity contribution in [2.45, 2.75) is 73.5 Å². The Balaban J connectivity index is 0.000000694. The molecule has 198 valence electrons. The summed E-state index contributed by atoms with van der Waals surface area (Å²) in [6.45, 7) is 14.4. The third kappa shape index (κ3) is 7.71. The van der Waals surface area contributed by atoms with Gasteiger partial charge >= 0.3 is 6.18 Å². The summed E-state index contributed by atoms with van der Waals surface area (Å²) >= 11 is 0. The Hall–Kier alpha value is -3.07. The van der Waals surface area contributed by atoms with Crippen molar-refractivity contribution in [2.24, 2.45) is 5.92 Å². The maximum absolute atomic E-state index is 12.7. The molecule has 0 aliphatic carbocycles. The van der Waals surface area contributed by atoms with Crippen molar-refractivity contribution in [3.05, 3.63) is 59.5 Å². The molecule has 2 heterocycles. The van der Waals surface area contributed by atoms with E-state index in [1.54, 1.807) is 6.92 Å². The van der Waals surface area contributed by atoms with Crippen LogP contribution in [0.5, 0.6) is 0 Å². The van der Waals surface area contributed by atoms with Crippen molar-refractivity contribution in [1.29, 1.82) is 0 Å². The normalized spacial score (nSPS) is 15.3. The SMILES string of the molecule is CC.CC(C)C.CC(OCc1nc(-c2ccc3c(c2)NC(C)N3C)no1)c1ccc(C(F)(F)F)cc1. The third-order valence-electron chi connectivity index (χ3n) is 5.21. The lowest BCUT2D eigenvalue weighted by atomic mass is 10.1. The predicted octanol–water partition coefficient (Wildman–Crippen LogP) is 7.93. The van der Waals surface area contributed by atoms with Crippen LogP contribution in [-0.4, -0.2) is 23.4 Å². The lowest BCUT2D eigenvalue weighted by Crippen LogP contribution is -2.28. The molecule has 3 aromatic rings. The standard InChI is InChI=1S/C21H21F3N4O2.C4H10.C2H6/c1-12(14-4-7-16(8-5-14)21(22,23)24)29-11-19-26-20(27-30-19)15-6-9-18-17(10-15)25-13(2)28(18)3;1-4(2)3;1-2/h4-10,12-13,25H,11H2,1-3H3;4H,1-3H3;1-2H3. The zero-order valence-corrected chi connectivity index (χ0v) is 22.3. The van der Waals surface area contributed by atoms with Gasteiger partial charge in [-0.05, 0) is 55.7 Å². The number of halogens is 3. The minimum Gasteiger partial charge on any atom is -0.364 e. The van der Waals surface area contributed by atoms with Crippen LogP contribution in [0.3, 0.4) is 0 Å². The van der Waals surface area contributed by atoms with E-state index < -0.39 is 17.8 Å². The number of hydrogen-bond donors (Lipinski definition) is 1. The van der Waals surface area contributed by atoms with Gasteiger partial charge in [-0.15, -0.1) is 0 Å². The number of ether oxygens (including phenoxy) is 1. The van der Waals surface area contributed by atoms with Crippen LogP contribution in [-0.2, 0) is 17.5 Å². The molecule has 0 bridgehead atoms. The molecule has 2 atom stereocenters. The highest BCUT2D eigenvalue weighted by Crippen LogP contribution is 2.36. The van der Waals surface area contributed by atoms with Crippen LogP contribution in [0.25, 0.3) is 11.4 Å². The highest BCUT2D eigenvalue weighted by molar-refractivity contribution is 5.80. The molecule has 0 amide bonds. The van der Waals surface area contributed by atoms with Crippen LogP contribution >= 0.6 is 0 Å². The van der Waals surface area contributed by atoms with E-state index >= 15 is 0 Å². The fourth-order valence-corrected chi connectivity index (χ4v) is 3.30. The molecular formula is C27H37F3N4O2. The summed E-state index contributed by atoms with van der Waals surface area (Å²) in [5, 5.41) is 7.39. The number of alkyl halides is 3. The maximum Gasteiger partial charge on any atom is 0.416 e. The smallest absolute Gasteiger partial charge is 0.364 e. The number of hydrogen-bond acceptors (Lipinski definition) is 6. The minimum absolute atomic E-state index is 0.0537. The van der Waals surface area contributed by atoms with Gasteiger partial charge in [0.25, 0.3) is 5.89 Å². The predicted molar refractivity (Wildman–Crippen MR) is 138 cm³/mol. The van der Waals surface area contributed by atoms with Crippen molar-refractivity contribution >= 4 is 11.4 Å². The lowest BCUT2D eigenvalue weighted by molar-refractivity contribution is -0.137. The molecular weight excluding hydrogens is 469 g/mol. The summed E-state index contributed by atoms with van der Waals surface area (Å²) < 4.78 is 49.0. The molecule has 1 aliphatic rings. The van der Waals surface area contributed by atoms with Crippen molar-refractivity contribution in [2.75, 3.05) is 17.3 Å². The molecule has 2 unspecified atom stereocenters. The molecule has 0 radical (unpaired) electrons. The van der Waals surface area contributed by atoms with Gasteiger partial charge in [0.05, 0.1) is 29.2 Å². The Morgan fingerprint density at radius 1 is 1.06 bits per heavy atom. The van der Waals surface area contributed by atoms with Gasteiger partial charge in [-0.25, -0.2) is 0 Å². The lowest BCUT2D eigenvalue weighted by Gasteiger charge is -2.16. The number of aromatic nitrogens is 2. The average Bonchev–Trinajstić information content (AvgIpc) is 3.42. The second-order valence-electron chi connectivity index (χ2n) is 8.98. The number of rotatable bonds is 5. The van der Waals surface area contributed by atoms with E-state index in [4.69, 9.17) is 9.26 Å². The Bertz CT molecular complexity index is 1080. The van der Waals surface area contributed by atoms with Crippen molar-refractivity contribution in [1.82, 2.24) is 10.1 Å². The van der Waals surface area contributed by atoms with Crippen LogP contribution in [0, 0.1) is 5.92 Å². The van der Waals surface area contributed by atoms with E-state index in [0.717, 1.165) is 35.0 Å². The molecule has 2 aromatic carbocycles. The quantitative estimate of drug-likeness (QED) is 0.379. The summed E-state index contributed by atoms with van der Waals surface area (Å²) in [5.74, 6) is 1.57. The van der Waals surface area contributed by atoms with Crippen molar-refractivity contribution in [3.63, 3.8) is 0 Å². The molecule has 1 aromatic heterocycles. The monoisotopic (exact) mass is 506 g/mol. The first-order chi connectivity index (χ1) is 17.0. The molecule has 1 aliphatic heterocycles. The van der Waals surface area contributed by atoms with Crippen LogP contribution in [0.4, 0.5) is 24.5 Å². The summed E-state index contributed by atoms with van der Waals surface area (Å²) in [6.07, 6.45) is -4.58. The highest BCUT2D eigenvalue weighted by atomic mass is 19.4. The number of nitrogens with zero attached hydrogens (tertiary/aromatic N) is 3. The van der Waals surface area contributed by atoms with Gasteiger partial charge < -0.3 is 19.5 Å². The Labute approximate surface area is 211 Å². The molecule has 36 heavy (non-hydrogen) atoms. The van der Waals surface area contributed by atoms with E-state index in [9.17, 15) is 13.2 Å². The number of anilines is 2. The summed E-state index contributed by atoms with van der Waals surface area (Å²) in [6, 6.07) is 10.8. The molecule has 0 saturated heterocycles. The molecule has 9 heteroatoms. The van der Waals surface area contributed by atoms with Gasteiger partial charge in [0, 0.05) is 12.6 Å². The largest absolute Gasteiger partial charge is 0.416 e. The Morgan fingerprint density at radius 3 is 2.25 bits per heavy atom. The first kappa shape index (κ1) is 29.2. The first-order valence-electron chi connectivity index (χ1n) is 12.2. The van der Waals surface area contributed by atoms with Crippen molar-refractivity contribution in [3.8, 4) is 11.4 Å². The van der Waals surface area contributed by atoms with Crippen LogP contribution in [0.2, 0.25) is 0 Å². The molecule has 0 saturated carbocycles. The topological polar surface area (TPSA) is 63.4 Å². The van der Waals surface area contributed by atoms with Gasteiger partial charge in [0.2, 0.25) is 5.82 Å². The average molecular weight is 507 g/mol. The van der Waals surface area contributed by atoms with Crippen LogP contribution in [0.1, 0.15) is 71.6 Å². The summed E-state index contributed by atoms with van der Waals surface area (Å²) in [4.78, 5) is 6.50. The van der Waals surface area contributed by atoms with E-state index in [0.29, 0.717) is 17.3 Å². The first-order valence-corrected chi connectivity index (χ1v) is 12.2. The number of fused-ring (bicyclic) bond motifs is 1. The van der Waals surface area contributed by atoms with Gasteiger partial charge in [-0.2, -0.15) is 18.2 Å². The Morgan fingerprint density at radius 2 is 1.67 bits per heavy atom. The fourth-order valence-electron chi connectivity index (χ4n) is 3.30. The molecule has 1 N–H and O–H groups in total. The zero-order valence-electron chi connectivity index (χ0n) is 22.3. The van der Waals surface area contributed by atoms with E-state index in [1.165, 1.54) is 12.1 Å². The van der Waals surface area contributed by atoms with E-state index in [2.05, 4.69) is 48.1 Å². The second-order valence-corrected chi connectivity index (χ2v) is 8.98. The molecule has 6 nitrogen and oxygen atoms in total. The van der Waals surface area contributed by atoms with Gasteiger partial charge in [0.15, 0.2) is 0 Å². The number of benzene rings is 2. The molecule has 4 rings (SSSR count). The van der Waals surface area contributed by atoms with Gasteiger partial charge in [-0.1, -0.05) is 51.9 Å². The van der Waals surface area contributed by atoms with E-state index in [1.807, 2.05) is 39.1 Å². The minimum atomic E-state index is -4.36. The van der Waals surface area contributed by atoms with E-state index in [-0.39, 0.29) is 12.8 Å². The van der Waals surface area contributed by atoms with Crippen LogP contribution in [0.15, 0.2) is 47.0 Å². The molecule has 0 spiro atoms. The summed E-state index contributed by atoms with van der Waals surface area (Å²) in [5.41, 5.74) is 2.86.